The monoisotopic (exact) mass is 401 g/mol. The second kappa shape index (κ2) is 8.45. The van der Waals surface area contributed by atoms with Crippen LogP contribution in [-0.4, -0.2) is 31.1 Å². The molecule has 144 valence electrons. The molecule has 0 bridgehead atoms. The summed E-state index contributed by atoms with van der Waals surface area (Å²) in [5.74, 6) is -1.85. The minimum atomic E-state index is -1.46. The average molecular weight is 402 g/mol. The highest BCUT2D eigenvalue weighted by Gasteiger charge is 2.18. The highest BCUT2D eigenvalue weighted by Crippen LogP contribution is 2.33. The van der Waals surface area contributed by atoms with Crippen LogP contribution in [0.1, 0.15) is 15.9 Å². The Morgan fingerprint density at radius 2 is 1.86 bits per heavy atom. The number of fused-ring (bicyclic) bond motifs is 1. The molecular formula is C19H14ClN2O6-. The van der Waals surface area contributed by atoms with E-state index in [4.69, 9.17) is 21.1 Å². The Balaban J connectivity index is 1.88. The second-order valence-electron chi connectivity index (χ2n) is 5.66. The Labute approximate surface area is 164 Å². The topological polar surface area (TPSA) is 117 Å². The van der Waals surface area contributed by atoms with Crippen LogP contribution in [0.3, 0.4) is 0 Å². The van der Waals surface area contributed by atoms with Crippen molar-refractivity contribution in [3.63, 3.8) is 0 Å². The Kier molecular flexibility index (Phi) is 5.81. The van der Waals surface area contributed by atoms with Gasteiger partial charge in [0.05, 0.1) is 23.1 Å². The van der Waals surface area contributed by atoms with Crippen molar-refractivity contribution in [2.45, 2.75) is 0 Å². The van der Waals surface area contributed by atoms with Gasteiger partial charge in [0.25, 0.3) is 11.8 Å². The van der Waals surface area contributed by atoms with Gasteiger partial charge in [0.15, 0.2) is 11.5 Å². The molecule has 2 aromatic carbocycles. The van der Waals surface area contributed by atoms with Gasteiger partial charge in [0.1, 0.15) is 5.70 Å². The largest absolute Gasteiger partial charge is 0.548 e. The summed E-state index contributed by atoms with van der Waals surface area (Å²) in [6.45, 7) is -0.621. The van der Waals surface area contributed by atoms with Crippen molar-refractivity contribution in [2.24, 2.45) is 0 Å². The molecule has 1 heterocycles. The third kappa shape index (κ3) is 4.60. The van der Waals surface area contributed by atoms with Gasteiger partial charge in [-0.2, -0.15) is 0 Å². The number of carbonyl (C=O) groups is 3. The number of nitrogens with one attached hydrogen (secondary N) is 2. The predicted octanol–water partition coefficient (Wildman–Crippen LogP) is 0.706. The van der Waals surface area contributed by atoms with Crippen molar-refractivity contribution in [2.75, 3.05) is 13.3 Å². The Hall–Kier alpha value is -3.52. The van der Waals surface area contributed by atoms with E-state index >= 15 is 0 Å². The Morgan fingerprint density at radius 1 is 1.11 bits per heavy atom. The van der Waals surface area contributed by atoms with Crippen LogP contribution in [0.25, 0.3) is 6.08 Å². The molecule has 2 aromatic rings. The van der Waals surface area contributed by atoms with Gasteiger partial charge in [-0.05, 0) is 35.9 Å². The van der Waals surface area contributed by atoms with Crippen LogP contribution < -0.4 is 25.2 Å². The van der Waals surface area contributed by atoms with Gasteiger partial charge in [-0.15, -0.1) is 0 Å². The number of aliphatic carboxylic acids is 1. The third-order valence-electron chi connectivity index (χ3n) is 3.71. The van der Waals surface area contributed by atoms with Crippen LogP contribution in [0, 0.1) is 0 Å². The highest BCUT2D eigenvalue weighted by atomic mass is 35.5. The number of rotatable bonds is 6. The molecule has 8 nitrogen and oxygen atoms in total. The SMILES string of the molecule is O=C([O-])CNC(=O)/C(=C\c1ccc2c(c1)OCO2)NC(=O)c1ccccc1Cl. The van der Waals surface area contributed by atoms with Crippen LogP contribution in [0.4, 0.5) is 0 Å². The molecule has 0 fully saturated rings. The van der Waals surface area contributed by atoms with Crippen LogP contribution in [0.2, 0.25) is 5.02 Å². The quantitative estimate of drug-likeness (QED) is 0.688. The first kappa shape index (κ1) is 19.2. The molecule has 2 N–H and O–H groups in total. The van der Waals surface area contributed by atoms with E-state index in [0.717, 1.165) is 0 Å². The molecule has 0 saturated carbocycles. The first-order valence-electron chi connectivity index (χ1n) is 8.09. The maximum absolute atomic E-state index is 12.5. The molecule has 0 saturated heterocycles. The van der Waals surface area contributed by atoms with Gasteiger partial charge in [-0.25, -0.2) is 0 Å². The first-order chi connectivity index (χ1) is 13.4. The van der Waals surface area contributed by atoms with Crippen LogP contribution in [0.15, 0.2) is 48.2 Å². The summed E-state index contributed by atoms with van der Waals surface area (Å²) in [5.41, 5.74) is 0.515. The summed E-state index contributed by atoms with van der Waals surface area (Å²) < 4.78 is 10.5. The molecule has 28 heavy (non-hydrogen) atoms. The number of carbonyl (C=O) groups excluding carboxylic acids is 3. The van der Waals surface area contributed by atoms with Crippen LogP contribution >= 0.6 is 11.6 Å². The van der Waals surface area contributed by atoms with Gasteiger partial charge in [0.2, 0.25) is 6.79 Å². The van der Waals surface area contributed by atoms with Gasteiger partial charge < -0.3 is 30.0 Å². The normalized spacial score (nSPS) is 12.4. The number of amides is 2. The number of halogens is 1. The van der Waals surface area contributed by atoms with E-state index in [2.05, 4.69) is 10.6 Å². The second-order valence-corrected chi connectivity index (χ2v) is 6.07. The lowest BCUT2D eigenvalue weighted by Crippen LogP contribution is -2.41. The molecule has 1 aliphatic rings. The molecule has 9 heteroatoms. The van der Waals surface area contributed by atoms with E-state index in [1.54, 1.807) is 30.3 Å². The lowest BCUT2D eigenvalue weighted by atomic mass is 10.1. The molecule has 0 aliphatic carbocycles. The van der Waals surface area contributed by atoms with Gasteiger partial charge in [-0.1, -0.05) is 29.8 Å². The van der Waals surface area contributed by atoms with E-state index < -0.39 is 24.3 Å². The minimum absolute atomic E-state index is 0.0880. The number of carboxylic acid groups (broad SMARTS) is 1. The standard InChI is InChI=1S/C19H15ClN2O6/c20-13-4-2-1-3-12(13)18(25)22-14(19(26)21-9-17(23)24)7-11-5-6-15-16(8-11)28-10-27-15/h1-8H,9-10H2,(H,21,26)(H,22,25)(H,23,24)/p-1/b14-7+. The molecule has 2 amide bonds. The van der Waals surface area contributed by atoms with E-state index in [0.29, 0.717) is 17.1 Å². The number of hydrogen-bond acceptors (Lipinski definition) is 6. The van der Waals surface area contributed by atoms with Gasteiger partial charge in [0, 0.05) is 0 Å². The molecule has 1 aliphatic heterocycles. The zero-order chi connectivity index (χ0) is 20.1. The number of hydrogen-bond donors (Lipinski definition) is 2. The summed E-state index contributed by atoms with van der Waals surface area (Å²) in [6.07, 6.45) is 1.38. The number of benzene rings is 2. The molecular weight excluding hydrogens is 388 g/mol. The van der Waals surface area contributed by atoms with Crippen LogP contribution in [-0.2, 0) is 9.59 Å². The summed E-state index contributed by atoms with van der Waals surface area (Å²) in [5, 5.41) is 15.4. The molecule has 0 atom stereocenters. The predicted molar refractivity (Wildman–Crippen MR) is 97.5 cm³/mol. The summed E-state index contributed by atoms with van der Waals surface area (Å²) >= 11 is 6.01. The maximum atomic E-state index is 12.5. The van der Waals surface area contributed by atoms with Crippen molar-refractivity contribution in [3.05, 3.63) is 64.3 Å². The maximum Gasteiger partial charge on any atom is 0.268 e. The average Bonchev–Trinajstić information content (AvgIpc) is 3.13. The van der Waals surface area contributed by atoms with Crippen molar-refractivity contribution >= 4 is 35.5 Å². The van der Waals surface area contributed by atoms with E-state index in [1.165, 1.54) is 18.2 Å². The fourth-order valence-electron chi connectivity index (χ4n) is 2.41. The number of carboxylic acids is 1. The van der Waals surface area contributed by atoms with Crippen molar-refractivity contribution in [1.29, 1.82) is 0 Å². The molecule has 0 unspecified atom stereocenters. The van der Waals surface area contributed by atoms with Crippen molar-refractivity contribution in [1.82, 2.24) is 10.6 Å². The summed E-state index contributed by atoms with van der Waals surface area (Å²) in [7, 11) is 0. The van der Waals surface area contributed by atoms with E-state index in [-0.39, 0.29) is 23.1 Å². The minimum Gasteiger partial charge on any atom is -0.548 e. The first-order valence-corrected chi connectivity index (χ1v) is 8.47. The fourth-order valence-corrected chi connectivity index (χ4v) is 2.63. The summed E-state index contributed by atoms with van der Waals surface area (Å²) in [4.78, 5) is 35.5. The van der Waals surface area contributed by atoms with Crippen molar-refractivity contribution in [3.8, 4) is 11.5 Å². The highest BCUT2D eigenvalue weighted by molar-refractivity contribution is 6.34. The summed E-state index contributed by atoms with van der Waals surface area (Å²) in [6, 6.07) is 11.2. The smallest absolute Gasteiger partial charge is 0.268 e. The zero-order valence-corrected chi connectivity index (χ0v) is 15.1. The molecule has 0 spiro atoms. The third-order valence-corrected chi connectivity index (χ3v) is 4.04. The fraction of sp³-hybridized carbons (Fsp3) is 0.105. The molecule has 3 rings (SSSR count). The van der Waals surface area contributed by atoms with Crippen LogP contribution in [0.5, 0.6) is 11.5 Å². The van der Waals surface area contributed by atoms with Gasteiger partial charge >= 0.3 is 0 Å². The lowest BCUT2D eigenvalue weighted by molar-refractivity contribution is -0.303. The number of ether oxygens (including phenoxy) is 2. The molecule has 0 aromatic heterocycles. The van der Waals surface area contributed by atoms with E-state index in [9.17, 15) is 19.5 Å². The van der Waals surface area contributed by atoms with E-state index in [1.807, 2.05) is 0 Å². The molecule has 0 radical (unpaired) electrons. The zero-order valence-electron chi connectivity index (χ0n) is 14.4. The van der Waals surface area contributed by atoms with Crippen molar-refractivity contribution < 1.29 is 29.0 Å². The Bertz CT molecular complexity index is 973. The Morgan fingerprint density at radius 3 is 2.61 bits per heavy atom. The van der Waals surface area contributed by atoms with Gasteiger partial charge in [-0.3, -0.25) is 9.59 Å². The lowest BCUT2D eigenvalue weighted by Gasteiger charge is -2.12.